The van der Waals surface area contributed by atoms with Crippen LogP contribution >= 0.6 is 11.6 Å². The van der Waals surface area contributed by atoms with Gasteiger partial charge in [0.25, 0.3) is 5.91 Å². The fourth-order valence-electron chi connectivity index (χ4n) is 5.12. The Kier molecular flexibility index (Phi) is 8.17. The number of nitrogens with zero attached hydrogens (tertiary/aromatic N) is 3. The number of halogens is 1. The van der Waals surface area contributed by atoms with Crippen molar-refractivity contribution in [1.29, 1.82) is 0 Å². The number of ether oxygens (including phenoxy) is 1. The number of rotatable bonds is 8. The summed E-state index contributed by atoms with van der Waals surface area (Å²) in [5.74, 6) is 1.27. The summed E-state index contributed by atoms with van der Waals surface area (Å²) in [7, 11) is 0. The van der Waals surface area contributed by atoms with Crippen molar-refractivity contribution in [3.8, 4) is 5.88 Å². The van der Waals surface area contributed by atoms with E-state index in [1.165, 1.54) is 0 Å². The van der Waals surface area contributed by atoms with Crippen LogP contribution in [0.25, 0.3) is 10.8 Å². The molecule has 0 aliphatic carbocycles. The lowest BCUT2D eigenvalue weighted by Crippen LogP contribution is -2.34. The Morgan fingerprint density at radius 1 is 1.10 bits per heavy atom. The van der Waals surface area contributed by atoms with Crippen LogP contribution in [0.2, 0.25) is 5.02 Å². The third-order valence-corrected chi connectivity index (χ3v) is 7.37. The van der Waals surface area contributed by atoms with Gasteiger partial charge >= 0.3 is 6.09 Å². The summed E-state index contributed by atoms with van der Waals surface area (Å²) in [6.45, 7) is 5.13. The molecule has 0 bridgehead atoms. The summed E-state index contributed by atoms with van der Waals surface area (Å²) >= 11 is 6.19. The Balaban J connectivity index is 1.45. The van der Waals surface area contributed by atoms with Crippen molar-refractivity contribution in [2.45, 2.75) is 58.5 Å². The molecule has 1 N–H and O–H groups in total. The number of benzene rings is 3. The summed E-state index contributed by atoms with van der Waals surface area (Å²) in [6.07, 6.45) is 3.79. The molecule has 0 fully saturated rings. The molecule has 1 aliphatic heterocycles. The van der Waals surface area contributed by atoms with Crippen molar-refractivity contribution in [2.24, 2.45) is 0 Å². The second-order valence-corrected chi connectivity index (χ2v) is 10.3. The average Bonchev–Trinajstić information content (AvgIpc) is 3.30. The van der Waals surface area contributed by atoms with Gasteiger partial charge in [-0.05, 0) is 60.7 Å². The molecule has 1 aliphatic rings. The lowest BCUT2D eigenvalue weighted by Gasteiger charge is -2.23. The molecule has 7 nitrogen and oxygen atoms in total. The molecule has 8 heteroatoms. The predicted molar refractivity (Wildman–Crippen MR) is 155 cm³/mol. The van der Waals surface area contributed by atoms with Crippen LogP contribution < -0.4 is 15.0 Å². The highest BCUT2D eigenvalue weighted by atomic mass is 35.5. The van der Waals surface area contributed by atoms with Gasteiger partial charge in [-0.25, -0.2) is 9.78 Å². The first-order valence-corrected chi connectivity index (χ1v) is 14.0. The van der Waals surface area contributed by atoms with Crippen molar-refractivity contribution in [3.63, 3.8) is 0 Å². The van der Waals surface area contributed by atoms with E-state index in [9.17, 15) is 9.59 Å². The maximum absolute atomic E-state index is 13.7. The minimum Gasteiger partial charge on any atom is -0.389 e. The molecule has 1 aromatic heterocycles. The zero-order chi connectivity index (χ0) is 27.4. The number of aromatic nitrogens is 2. The van der Waals surface area contributed by atoms with Gasteiger partial charge in [-0.1, -0.05) is 73.5 Å². The van der Waals surface area contributed by atoms with Crippen molar-refractivity contribution in [2.75, 3.05) is 11.4 Å². The summed E-state index contributed by atoms with van der Waals surface area (Å²) in [6, 6.07) is 20.7. The summed E-state index contributed by atoms with van der Waals surface area (Å²) in [5, 5.41) is 5.66. The maximum atomic E-state index is 13.7. The van der Waals surface area contributed by atoms with Crippen molar-refractivity contribution in [1.82, 2.24) is 14.9 Å². The van der Waals surface area contributed by atoms with Crippen LogP contribution in [0.1, 0.15) is 67.3 Å². The predicted octanol–water partition coefficient (Wildman–Crippen LogP) is 7.32. The minimum atomic E-state index is -0.587. The Morgan fingerprint density at radius 3 is 2.72 bits per heavy atom. The van der Waals surface area contributed by atoms with Gasteiger partial charge in [-0.15, -0.1) is 0 Å². The number of anilines is 1. The van der Waals surface area contributed by atoms with E-state index in [1.54, 1.807) is 29.2 Å². The second-order valence-electron chi connectivity index (χ2n) is 9.91. The third kappa shape index (κ3) is 5.78. The molecule has 0 saturated carbocycles. The molecule has 0 radical (unpaired) electrons. The summed E-state index contributed by atoms with van der Waals surface area (Å²) in [5.41, 5.74) is 1.46. The van der Waals surface area contributed by atoms with E-state index in [0.29, 0.717) is 35.4 Å². The lowest BCUT2D eigenvalue weighted by molar-refractivity contribution is 0.0984. The van der Waals surface area contributed by atoms with Gasteiger partial charge in [0.2, 0.25) is 5.88 Å². The van der Waals surface area contributed by atoms with Crippen LogP contribution in [-0.4, -0.2) is 28.1 Å². The highest BCUT2D eigenvalue weighted by Crippen LogP contribution is 2.34. The number of hydrogen-bond acceptors (Lipinski definition) is 4. The van der Waals surface area contributed by atoms with E-state index in [-0.39, 0.29) is 11.9 Å². The van der Waals surface area contributed by atoms with Crippen LogP contribution in [0.4, 0.5) is 10.6 Å². The molecule has 1 unspecified atom stereocenters. The molecule has 5 rings (SSSR count). The number of aryl methyl sites for hydroxylation is 1. The van der Waals surface area contributed by atoms with Crippen LogP contribution in [0.5, 0.6) is 5.88 Å². The third-order valence-electron chi connectivity index (χ3n) is 7.14. The van der Waals surface area contributed by atoms with Crippen LogP contribution in [0, 0.1) is 0 Å². The van der Waals surface area contributed by atoms with Crippen LogP contribution in [-0.2, 0) is 13.0 Å². The molecule has 3 aromatic carbocycles. The summed E-state index contributed by atoms with van der Waals surface area (Å²) < 4.78 is 7.93. The Hall–Kier alpha value is -3.84. The fourth-order valence-corrected chi connectivity index (χ4v) is 5.31. The van der Waals surface area contributed by atoms with Gasteiger partial charge in [-0.2, -0.15) is 0 Å². The van der Waals surface area contributed by atoms with Crippen molar-refractivity contribution >= 4 is 40.2 Å². The average molecular weight is 545 g/mol. The van der Waals surface area contributed by atoms with Crippen LogP contribution in [0.15, 0.2) is 66.7 Å². The highest BCUT2D eigenvalue weighted by molar-refractivity contribution is 6.31. The number of unbranched alkanes of at least 4 members (excludes halogenated alkanes) is 1. The highest BCUT2D eigenvalue weighted by Gasteiger charge is 2.30. The molecule has 1 atom stereocenters. The Bertz CT molecular complexity index is 1490. The van der Waals surface area contributed by atoms with E-state index in [2.05, 4.69) is 24.4 Å². The fraction of sp³-hybridized carbons (Fsp3) is 0.323. The molecule has 39 heavy (non-hydrogen) atoms. The molecular weight excluding hydrogens is 512 g/mol. The molecule has 202 valence electrons. The topological polar surface area (TPSA) is 76.5 Å². The largest absolute Gasteiger partial charge is 0.414 e. The van der Waals surface area contributed by atoms with Gasteiger partial charge in [-0.3, -0.25) is 14.3 Å². The summed E-state index contributed by atoms with van der Waals surface area (Å²) in [4.78, 5) is 33.5. The smallest absolute Gasteiger partial charge is 0.389 e. The first-order valence-electron chi connectivity index (χ1n) is 13.6. The quantitative estimate of drug-likeness (QED) is 0.252. The second kappa shape index (κ2) is 11.9. The zero-order valence-electron chi connectivity index (χ0n) is 22.3. The zero-order valence-corrected chi connectivity index (χ0v) is 23.1. The van der Waals surface area contributed by atoms with E-state index in [4.69, 9.17) is 21.3 Å². The van der Waals surface area contributed by atoms with Gasteiger partial charge in [0.1, 0.15) is 5.82 Å². The Morgan fingerprint density at radius 2 is 1.90 bits per heavy atom. The first-order chi connectivity index (χ1) is 19.0. The lowest BCUT2D eigenvalue weighted by atomic mass is 10.00. The van der Waals surface area contributed by atoms with Crippen molar-refractivity contribution in [3.05, 3.63) is 88.7 Å². The number of carbonyl (C=O) groups is 2. The first kappa shape index (κ1) is 26.8. The van der Waals surface area contributed by atoms with E-state index in [1.807, 2.05) is 41.8 Å². The standard InChI is InChI=1S/C31H33ClN4O3/c1-3-4-18-36(29(37)23-13-9-14-24(32)20-23)28-30(35-19-8-7-17-27(35)34-28)39-31(38)33-21(2)25-16-10-12-22-11-5-6-15-26(22)25/h5-6,9-16,20-21H,3-4,7-8,17-19H2,1-2H3,(H,33,38). The Labute approximate surface area is 233 Å². The van der Waals surface area contributed by atoms with Gasteiger partial charge in [0.05, 0.1) is 6.04 Å². The molecule has 2 amide bonds. The number of amides is 2. The van der Waals surface area contributed by atoms with E-state index in [0.717, 1.165) is 54.3 Å². The minimum absolute atomic E-state index is 0.226. The van der Waals surface area contributed by atoms with Crippen molar-refractivity contribution < 1.29 is 14.3 Å². The molecule has 0 spiro atoms. The van der Waals surface area contributed by atoms with Gasteiger partial charge in [0.15, 0.2) is 5.82 Å². The molecular formula is C31H33ClN4O3. The van der Waals surface area contributed by atoms with E-state index < -0.39 is 6.09 Å². The number of imidazole rings is 1. The number of carbonyl (C=O) groups excluding carboxylic acids is 2. The normalized spacial score (nSPS) is 13.5. The van der Waals surface area contributed by atoms with E-state index >= 15 is 0 Å². The molecule has 4 aromatic rings. The number of nitrogens with one attached hydrogen (secondary N) is 1. The number of fused-ring (bicyclic) bond motifs is 2. The monoisotopic (exact) mass is 544 g/mol. The number of hydrogen-bond donors (Lipinski definition) is 1. The molecule has 0 saturated heterocycles. The van der Waals surface area contributed by atoms with Gasteiger partial charge < -0.3 is 10.1 Å². The molecule has 2 heterocycles. The van der Waals surface area contributed by atoms with Crippen LogP contribution in [0.3, 0.4) is 0 Å². The SMILES string of the molecule is CCCCN(C(=O)c1cccc(Cl)c1)c1nc2n(c1OC(=O)NC(C)c1cccc3ccccc13)CCCC2. The van der Waals surface area contributed by atoms with Gasteiger partial charge in [0, 0.05) is 30.1 Å². The maximum Gasteiger partial charge on any atom is 0.414 e.